The number of hydrogen-bond donors (Lipinski definition) is 2. The molecule has 0 fully saturated rings. The van der Waals surface area contributed by atoms with Crippen LogP contribution < -0.4 is 9.47 Å². The van der Waals surface area contributed by atoms with Crippen molar-refractivity contribution >= 4 is 31.9 Å². The molecular weight excluding hydrogens is 944 g/mol. The Morgan fingerprint density at radius 2 is 0.949 bits per heavy atom. The number of rotatable bonds is 12. The van der Waals surface area contributed by atoms with Crippen molar-refractivity contribution in [1.82, 2.24) is 0 Å². The van der Waals surface area contributed by atoms with E-state index in [1.165, 1.54) is 72.2 Å². The predicted molar refractivity (Wildman–Crippen MR) is 204 cm³/mol. The minimum absolute atomic E-state index is 0.00203. The number of methoxy groups -OCH3 is 2. The van der Waals surface area contributed by atoms with Crippen molar-refractivity contribution in [2.45, 2.75) is 93.9 Å². The zero-order chi connectivity index (χ0) is 45.2. The third-order valence-corrected chi connectivity index (χ3v) is 10.5. The fourth-order valence-electron chi connectivity index (χ4n) is 6.90. The maximum absolute atomic E-state index is 14.3. The van der Waals surface area contributed by atoms with Gasteiger partial charge in [-0.05, 0) is 95.5 Å². The highest BCUT2D eigenvalue weighted by Gasteiger charge is 2.57. The Bertz CT molecular complexity index is 2060. The molecule has 2 N–H and O–H groups in total. The fraction of sp³-hybridized carbons (Fsp3) is 0.415. The van der Waals surface area contributed by atoms with Crippen LogP contribution in [0.2, 0.25) is 0 Å². The quantitative estimate of drug-likeness (QED) is 0.139. The average Bonchev–Trinajstić information content (AvgIpc) is 3.07. The SMILES string of the molecule is COc1ccc(F)cc1C(C)(C)CC(O)(Cc1cc(Br)cc(Br)c1)C(F)(F)F.COc1ccc(F)cc1C(C)(C)CC(O)(Cc1cccc(C(F)(F)F)c1F)C(F)(F)F. The summed E-state index contributed by atoms with van der Waals surface area (Å²) in [5.41, 5.74) is -11.5. The maximum Gasteiger partial charge on any atom is 0.419 e. The van der Waals surface area contributed by atoms with Crippen LogP contribution in [0.15, 0.2) is 81.7 Å². The number of ether oxygens (including phenoxy) is 2. The van der Waals surface area contributed by atoms with Crippen LogP contribution in [0.5, 0.6) is 11.5 Å². The fourth-order valence-corrected chi connectivity index (χ4v) is 8.29. The summed E-state index contributed by atoms with van der Waals surface area (Å²) in [7, 11) is 2.59. The molecule has 0 aromatic heterocycles. The van der Waals surface area contributed by atoms with Gasteiger partial charge in [-0.2, -0.15) is 39.5 Å². The Labute approximate surface area is 349 Å². The molecule has 0 saturated heterocycles. The highest BCUT2D eigenvalue weighted by Crippen LogP contribution is 2.47. The van der Waals surface area contributed by atoms with Gasteiger partial charge >= 0.3 is 18.5 Å². The highest BCUT2D eigenvalue weighted by atomic mass is 79.9. The summed E-state index contributed by atoms with van der Waals surface area (Å²) >= 11 is 6.49. The molecule has 0 radical (unpaired) electrons. The van der Waals surface area contributed by atoms with Crippen LogP contribution in [0.4, 0.5) is 52.7 Å². The summed E-state index contributed by atoms with van der Waals surface area (Å²) in [6.45, 7) is 5.61. The Morgan fingerprint density at radius 1 is 0.542 bits per heavy atom. The van der Waals surface area contributed by atoms with Crippen molar-refractivity contribution in [3.05, 3.63) is 127 Å². The van der Waals surface area contributed by atoms with Crippen molar-refractivity contribution in [1.29, 1.82) is 0 Å². The van der Waals surface area contributed by atoms with E-state index < -0.39 is 94.8 Å². The van der Waals surface area contributed by atoms with Gasteiger partial charge < -0.3 is 19.7 Å². The lowest BCUT2D eigenvalue weighted by Gasteiger charge is -2.38. The van der Waals surface area contributed by atoms with E-state index in [0.29, 0.717) is 20.6 Å². The van der Waals surface area contributed by atoms with E-state index in [-0.39, 0.29) is 22.6 Å². The van der Waals surface area contributed by atoms with Gasteiger partial charge in [-0.15, -0.1) is 0 Å². The number of aliphatic hydroxyl groups is 2. The second-order valence-electron chi connectivity index (χ2n) is 15.3. The Morgan fingerprint density at radius 3 is 1.32 bits per heavy atom. The molecule has 0 bridgehead atoms. The molecule has 2 atom stereocenters. The molecule has 0 aliphatic carbocycles. The second-order valence-corrected chi connectivity index (χ2v) is 17.1. The Balaban J connectivity index is 0.000000317. The van der Waals surface area contributed by atoms with Gasteiger partial charge in [0.2, 0.25) is 0 Å². The molecular formula is C41H40Br2F12O4. The molecule has 4 aromatic carbocycles. The first-order valence-corrected chi connectivity index (χ1v) is 18.9. The number of benzene rings is 4. The summed E-state index contributed by atoms with van der Waals surface area (Å²) < 4.78 is 175. The molecule has 4 nitrogen and oxygen atoms in total. The van der Waals surface area contributed by atoms with Gasteiger partial charge in [0, 0.05) is 32.9 Å². The van der Waals surface area contributed by atoms with Crippen LogP contribution in [-0.4, -0.2) is 48.0 Å². The van der Waals surface area contributed by atoms with Gasteiger partial charge in [0.1, 0.15) is 29.0 Å². The van der Waals surface area contributed by atoms with Gasteiger partial charge in [-0.1, -0.05) is 71.7 Å². The van der Waals surface area contributed by atoms with E-state index in [0.717, 1.165) is 30.3 Å². The van der Waals surface area contributed by atoms with E-state index in [9.17, 15) is 62.9 Å². The second kappa shape index (κ2) is 18.2. The monoisotopic (exact) mass is 982 g/mol. The van der Waals surface area contributed by atoms with Gasteiger partial charge in [-0.25, -0.2) is 13.2 Å². The molecule has 2 unspecified atom stereocenters. The molecule has 0 spiro atoms. The van der Waals surface area contributed by atoms with Crippen molar-refractivity contribution in [2.24, 2.45) is 0 Å². The standard InChI is InChI=1S/C21H20F8O2.C20H20Br2F4O2/c1-18(2,15-9-13(22)7-8-16(15)31-3)11-19(30,21(27,28)29)10-12-5-4-6-14(17(12)23)20(24,25)26;1-18(2,16-9-15(23)4-5-17(16)28-3)11-19(27,20(24,25)26)10-12-6-13(21)8-14(22)7-12/h4-9,30H,10-11H2,1-3H3;4-9,27H,10-11H2,1-3H3. The van der Waals surface area contributed by atoms with E-state index >= 15 is 0 Å². The molecule has 4 aromatic rings. The lowest BCUT2D eigenvalue weighted by molar-refractivity contribution is -0.266. The van der Waals surface area contributed by atoms with Gasteiger partial charge in [0.15, 0.2) is 11.2 Å². The van der Waals surface area contributed by atoms with E-state index in [4.69, 9.17) is 9.47 Å². The molecule has 0 heterocycles. The number of halogens is 14. The first-order chi connectivity index (χ1) is 26.8. The summed E-state index contributed by atoms with van der Waals surface area (Å²) in [4.78, 5) is 0. The van der Waals surface area contributed by atoms with Crippen molar-refractivity contribution < 1.29 is 72.4 Å². The third-order valence-electron chi connectivity index (χ3n) is 9.59. The highest BCUT2D eigenvalue weighted by molar-refractivity contribution is 9.11. The van der Waals surface area contributed by atoms with E-state index in [1.54, 1.807) is 6.07 Å². The third kappa shape index (κ3) is 12.3. The van der Waals surface area contributed by atoms with E-state index in [2.05, 4.69) is 31.9 Å². The topological polar surface area (TPSA) is 58.9 Å². The van der Waals surface area contributed by atoms with Gasteiger partial charge in [0.05, 0.1) is 19.8 Å². The van der Waals surface area contributed by atoms with Gasteiger partial charge in [-0.3, -0.25) is 0 Å². The van der Waals surface area contributed by atoms with E-state index in [1.807, 2.05) is 0 Å². The minimum Gasteiger partial charge on any atom is -0.496 e. The molecule has 0 aliphatic heterocycles. The smallest absolute Gasteiger partial charge is 0.419 e. The normalized spacial score (nSPS) is 14.8. The lowest BCUT2D eigenvalue weighted by Crippen LogP contribution is -2.51. The minimum atomic E-state index is -5.33. The van der Waals surface area contributed by atoms with Crippen LogP contribution in [0, 0.1) is 17.5 Å². The van der Waals surface area contributed by atoms with Crippen LogP contribution in [-0.2, 0) is 29.8 Å². The first kappa shape index (κ1) is 49.9. The number of alkyl halides is 9. The molecule has 326 valence electrons. The summed E-state index contributed by atoms with van der Waals surface area (Å²) in [5, 5.41) is 21.3. The summed E-state index contributed by atoms with van der Waals surface area (Å²) in [5.74, 6) is -2.92. The van der Waals surface area contributed by atoms with Crippen LogP contribution in [0.3, 0.4) is 0 Å². The molecule has 59 heavy (non-hydrogen) atoms. The van der Waals surface area contributed by atoms with Crippen LogP contribution >= 0.6 is 31.9 Å². The van der Waals surface area contributed by atoms with Crippen LogP contribution in [0.25, 0.3) is 0 Å². The molecule has 0 amide bonds. The molecule has 18 heteroatoms. The summed E-state index contributed by atoms with van der Waals surface area (Å²) in [6.07, 6.45) is -19.2. The molecule has 4 rings (SSSR count). The van der Waals surface area contributed by atoms with Crippen molar-refractivity contribution in [3.8, 4) is 11.5 Å². The largest absolute Gasteiger partial charge is 0.496 e. The van der Waals surface area contributed by atoms with Crippen LogP contribution in [0.1, 0.15) is 68.4 Å². The Kier molecular flexibility index (Phi) is 15.4. The first-order valence-electron chi connectivity index (χ1n) is 17.3. The predicted octanol–water partition coefficient (Wildman–Crippen LogP) is 12.8. The zero-order valence-corrected chi connectivity index (χ0v) is 35.4. The number of hydrogen-bond acceptors (Lipinski definition) is 4. The molecule has 0 saturated carbocycles. The lowest BCUT2D eigenvalue weighted by atomic mass is 9.72. The zero-order valence-electron chi connectivity index (χ0n) is 32.3. The molecule has 0 aliphatic rings. The average molecular weight is 985 g/mol. The summed E-state index contributed by atoms with van der Waals surface area (Å²) in [6, 6.07) is 13.5. The van der Waals surface area contributed by atoms with Crippen molar-refractivity contribution in [3.63, 3.8) is 0 Å². The van der Waals surface area contributed by atoms with Crippen molar-refractivity contribution in [2.75, 3.05) is 14.2 Å². The van der Waals surface area contributed by atoms with Gasteiger partial charge in [0.25, 0.3) is 0 Å². The Hall–Kier alpha value is -3.48. The maximum atomic E-state index is 14.3.